The van der Waals surface area contributed by atoms with E-state index in [9.17, 15) is 13.5 Å². The molecule has 0 aliphatic carbocycles. The first kappa shape index (κ1) is 15.6. The Hall–Kier alpha value is -0.830. The summed E-state index contributed by atoms with van der Waals surface area (Å²) in [6.07, 6.45) is 0. The second kappa shape index (κ2) is 6.30. The van der Waals surface area contributed by atoms with Crippen LogP contribution in [0.5, 0.6) is 0 Å². The summed E-state index contributed by atoms with van der Waals surface area (Å²) in [6.45, 7) is -0.338. The van der Waals surface area contributed by atoms with Crippen LogP contribution >= 0.6 is 34.2 Å². The van der Waals surface area contributed by atoms with Crippen molar-refractivity contribution < 1.29 is 13.5 Å². The van der Waals surface area contributed by atoms with E-state index in [-0.39, 0.29) is 11.5 Å². The summed E-state index contributed by atoms with van der Waals surface area (Å²) in [7, 11) is -3.75. The number of anilines is 1. The molecule has 0 aliphatic rings. The second-order valence-corrected chi connectivity index (χ2v) is 7.24. The highest BCUT2D eigenvalue weighted by Gasteiger charge is 2.18. The summed E-state index contributed by atoms with van der Waals surface area (Å²) in [5.74, 6) is 0. The van der Waals surface area contributed by atoms with Gasteiger partial charge in [-0.25, -0.2) is 8.42 Å². The summed E-state index contributed by atoms with van der Waals surface area (Å²) >= 11 is 7.84. The Kier molecular flexibility index (Phi) is 4.90. The average molecular weight is 424 g/mol. The number of rotatable bonds is 4. The molecule has 2 N–H and O–H groups in total. The molecule has 2 aromatic carbocycles. The van der Waals surface area contributed by atoms with Gasteiger partial charge in [0, 0.05) is 8.59 Å². The van der Waals surface area contributed by atoms with E-state index in [0.29, 0.717) is 19.8 Å². The van der Waals surface area contributed by atoms with Crippen LogP contribution in [0.25, 0.3) is 0 Å². The van der Waals surface area contributed by atoms with Crippen molar-refractivity contribution in [3.8, 4) is 0 Å². The summed E-state index contributed by atoms with van der Waals surface area (Å²) in [5.41, 5.74) is 0.798. The Morgan fingerprint density at radius 2 is 1.90 bits per heavy atom. The third-order valence-corrected chi connectivity index (χ3v) is 5.20. The Bertz CT molecular complexity index is 734. The lowest BCUT2D eigenvalue weighted by molar-refractivity contribution is 0.278. The van der Waals surface area contributed by atoms with Crippen LogP contribution in [-0.4, -0.2) is 13.5 Å². The van der Waals surface area contributed by atoms with Crippen molar-refractivity contribution in [3.63, 3.8) is 0 Å². The molecule has 4 nitrogen and oxygen atoms in total. The lowest BCUT2D eigenvalue weighted by Crippen LogP contribution is -2.15. The van der Waals surface area contributed by atoms with Crippen molar-refractivity contribution in [2.24, 2.45) is 0 Å². The minimum absolute atomic E-state index is 0.0632. The fraction of sp³-hybridized carbons (Fsp3) is 0.0769. The first-order valence-corrected chi connectivity index (χ1v) is 8.54. The van der Waals surface area contributed by atoms with Crippen molar-refractivity contribution in [2.75, 3.05) is 4.72 Å². The fourth-order valence-corrected chi connectivity index (χ4v) is 4.17. The molecule has 0 bridgehead atoms. The average Bonchev–Trinajstić information content (AvgIpc) is 2.42. The van der Waals surface area contributed by atoms with E-state index in [2.05, 4.69) is 4.72 Å². The normalized spacial score (nSPS) is 11.3. The number of aliphatic hydroxyl groups is 1. The van der Waals surface area contributed by atoms with Gasteiger partial charge in [0.2, 0.25) is 0 Å². The van der Waals surface area contributed by atoms with Gasteiger partial charge in [0.25, 0.3) is 10.0 Å². The molecule has 0 fully saturated rings. The maximum atomic E-state index is 12.4. The van der Waals surface area contributed by atoms with E-state index < -0.39 is 10.0 Å². The van der Waals surface area contributed by atoms with E-state index in [1.165, 1.54) is 6.07 Å². The van der Waals surface area contributed by atoms with Gasteiger partial charge in [-0.15, -0.1) is 0 Å². The molecule has 0 aromatic heterocycles. The zero-order chi connectivity index (χ0) is 14.8. The topological polar surface area (TPSA) is 66.4 Å². The molecule has 20 heavy (non-hydrogen) atoms. The van der Waals surface area contributed by atoms with Crippen molar-refractivity contribution in [3.05, 3.63) is 56.6 Å². The van der Waals surface area contributed by atoms with Gasteiger partial charge in [-0.1, -0.05) is 29.8 Å². The number of hydrogen-bond acceptors (Lipinski definition) is 3. The van der Waals surface area contributed by atoms with E-state index in [4.69, 9.17) is 11.6 Å². The van der Waals surface area contributed by atoms with Gasteiger partial charge in [-0.05, 0) is 52.4 Å². The predicted octanol–water partition coefficient (Wildman–Crippen LogP) is 3.24. The highest BCUT2D eigenvalue weighted by Crippen LogP contribution is 2.26. The largest absolute Gasteiger partial charge is 0.392 e. The quantitative estimate of drug-likeness (QED) is 0.742. The number of nitrogens with one attached hydrogen (secondary N) is 1. The van der Waals surface area contributed by atoms with Gasteiger partial charge in [0.15, 0.2) is 0 Å². The molecule has 0 saturated heterocycles. The van der Waals surface area contributed by atoms with E-state index in [1.54, 1.807) is 36.4 Å². The van der Waals surface area contributed by atoms with Crippen LogP contribution in [-0.2, 0) is 16.6 Å². The minimum atomic E-state index is -3.75. The van der Waals surface area contributed by atoms with Crippen LogP contribution < -0.4 is 4.72 Å². The molecule has 0 atom stereocenters. The lowest BCUT2D eigenvalue weighted by atomic mass is 10.2. The Morgan fingerprint density at radius 1 is 1.20 bits per heavy atom. The first-order valence-electron chi connectivity index (χ1n) is 5.60. The number of sulfonamides is 1. The smallest absolute Gasteiger partial charge is 0.262 e. The van der Waals surface area contributed by atoms with Crippen molar-refractivity contribution in [1.29, 1.82) is 0 Å². The van der Waals surface area contributed by atoms with Crippen LogP contribution in [0.3, 0.4) is 0 Å². The Balaban J connectivity index is 2.41. The first-order chi connectivity index (χ1) is 9.44. The molecule has 0 radical (unpaired) electrons. The zero-order valence-electron chi connectivity index (χ0n) is 10.2. The molecule has 0 spiro atoms. The van der Waals surface area contributed by atoms with Crippen LogP contribution in [0.2, 0.25) is 5.02 Å². The van der Waals surface area contributed by atoms with Crippen LogP contribution in [0.4, 0.5) is 5.69 Å². The summed E-state index contributed by atoms with van der Waals surface area (Å²) in [5, 5.41) is 9.76. The van der Waals surface area contributed by atoms with Gasteiger partial charge in [-0.2, -0.15) is 0 Å². The molecule has 0 saturated carbocycles. The molecular formula is C13H11ClINO3S. The standard InChI is InChI=1S/C13H11ClINO3S/c14-10-5-6-12(11(15)7-10)16-20(18,19)13-4-2-1-3-9(13)8-17/h1-7,16-17H,8H2. The highest BCUT2D eigenvalue weighted by atomic mass is 127. The van der Waals surface area contributed by atoms with Gasteiger partial charge in [-0.3, -0.25) is 4.72 Å². The molecule has 0 aliphatic heterocycles. The van der Waals surface area contributed by atoms with Gasteiger partial charge >= 0.3 is 0 Å². The maximum Gasteiger partial charge on any atom is 0.262 e. The summed E-state index contributed by atoms with van der Waals surface area (Å²) in [4.78, 5) is 0.0632. The predicted molar refractivity (Wildman–Crippen MR) is 87.3 cm³/mol. The third kappa shape index (κ3) is 3.43. The number of hydrogen-bond donors (Lipinski definition) is 2. The third-order valence-electron chi connectivity index (χ3n) is 2.61. The monoisotopic (exact) mass is 423 g/mol. The molecule has 0 heterocycles. The molecule has 2 aromatic rings. The summed E-state index contributed by atoms with van der Waals surface area (Å²) < 4.78 is 27.9. The molecular weight excluding hydrogens is 413 g/mol. The van der Waals surface area contributed by atoms with Gasteiger partial charge < -0.3 is 5.11 Å². The SMILES string of the molecule is O=S(=O)(Nc1ccc(Cl)cc1I)c1ccccc1CO. The molecule has 2 rings (SSSR count). The number of aliphatic hydroxyl groups excluding tert-OH is 1. The van der Waals surface area contributed by atoms with Crippen LogP contribution in [0.15, 0.2) is 47.4 Å². The Labute approximate surface area is 136 Å². The van der Waals surface area contributed by atoms with Crippen molar-refractivity contribution in [1.82, 2.24) is 0 Å². The lowest BCUT2D eigenvalue weighted by Gasteiger charge is -2.12. The number of halogens is 2. The molecule has 106 valence electrons. The molecule has 0 unspecified atom stereocenters. The minimum Gasteiger partial charge on any atom is -0.392 e. The molecule has 0 amide bonds. The van der Waals surface area contributed by atoms with Gasteiger partial charge in [0.05, 0.1) is 17.2 Å². The molecule has 7 heteroatoms. The van der Waals surface area contributed by atoms with E-state index in [0.717, 1.165) is 0 Å². The van der Waals surface area contributed by atoms with Crippen LogP contribution in [0, 0.1) is 3.57 Å². The number of benzene rings is 2. The second-order valence-electron chi connectivity index (χ2n) is 4.00. The van der Waals surface area contributed by atoms with Crippen molar-refractivity contribution >= 4 is 49.9 Å². The van der Waals surface area contributed by atoms with E-state index in [1.807, 2.05) is 22.6 Å². The zero-order valence-corrected chi connectivity index (χ0v) is 13.9. The van der Waals surface area contributed by atoms with Gasteiger partial charge in [0.1, 0.15) is 0 Å². The Morgan fingerprint density at radius 3 is 2.55 bits per heavy atom. The fourth-order valence-electron chi connectivity index (χ4n) is 1.67. The maximum absolute atomic E-state index is 12.4. The van der Waals surface area contributed by atoms with Crippen LogP contribution in [0.1, 0.15) is 5.56 Å². The van der Waals surface area contributed by atoms with Crippen molar-refractivity contribution in [2.45, 2.75) is 11.5 Å². The van der Waals surface area contributed by atoms with E-state index >= 15 is 0 Å². The highest BCUT2D eigenvalue weighted by molar-refractivity contribution is 14.1. The summed E-state index contributed by atoms with van der Waals surface area (Å²) in [6, 6.07) is 11.2.